The standard InChI is InChI=1S/C18H25NO5/c1-5-23-16(21)11-15-14-7-6-13(20)10-12(14)8-9-19(15)17(22)24-18(2,3)4/h6-7,10,15,20H,5,8-9,11H2,1-4H3. The third-order valence-corrected chi connectivity index (χ3v) is 3.78. The molecule has 24 heavy (non-hydrogen) atoms. The number of hydrogen-bond acceptors (Lipinski definition) is 5. The highest BCUT2D eigenvalue weighted by molar-refractivity contribution is 5.74. The zero-order valence-electron chi connectivity index (χ0n) is 14.7. The number of ether oxygens (including phenoxy) is 2. The van der Waals surface area contributed by atoms with Crippen LogP contribution in [0.1, 0.15) is 51.3 Å². The Morgan fingerprint density at radius 2 is 2.04 bits per heavy atom. The molecule has 1 atom stereocenters. The van der Waals surface area contributed by atoms with E-state index in [1.54, 1.807) is 50.8 Å². The van der Waals surface area contributed by atoms with Gasteiger partial charge in [-0.2, -0.15) is 0 Å². The quantitative estimate of drug-likeness (QED) is 0.859. The second kappa shape index (κ2) is 7.11. The fraction of sp³-hybridized carbons (Fsp3) is 0.556. The zero-order chi connectivity index (χ0) is 17.9. The van der Waals surface area contributed by atoms with Gasteiger partial charge in [0.15, 0.2) is 0 Å². The number of benzene rings is 1. The van der Waals surface area contributed by atoms with Gasteiger partial charge in [0.25, 0.3) is 0 Å². The Labute approximate surface area is 142 Å². The van der Waals surface area contributed by atoms with Crippen LogP contribution in [0.15, 0.2) is 18.2 Å². The second-order valence-corrected chi connectivity index (χ2v) is 6.83. The fourth-order valence-corrected chi connectivity index (χ4v) is 2.84. The fourth-order valence-electron chi connectivity index (χ4n) is 2.84. The van der Waals surface area contributed by atoms with Gasteiger partial charge in [0.05, 0.1) is 19.1 Å². The van der Waals surface area contributed by atoms with Gasteiger partial charge in [-0.3, -0.25) is 4.79 Å². The lowest BCUT2D eigenvalue weighted by Crippen LogP contribution is -2.43. The van der Waals surface area contributed by atoms with E-state index in [0.717, 1.165) is 11.1 Å². The first-order valence-corrected chi connectivity index (χ1v) is 8.18. The number of carbonyl (C=O) groups excluding carboxylic acids is 2. The molecule has 1 heterocycles. The third-order valence-electron chi connectivity index (χ3n) is 3.78. The molecule has 0 radical (unpaired) electrons. The van der Waals surface area contributed by atoms with Gasteiger partial charge in [-0.15, -0.1) is 0 Å². The molecule has 1 aromatic carbocycles. The summed E-state index contributed by atoms with van der Waals surface area (Å²) in [7, 11) is 0. The Hall–Kier alpha value is -2.24. The van der Waals surface area contributed by atoms with E-state index in [-0.39, 0.29) is 18.1 Å². The molecule has 0 aromatic heterocycles. The topological polar surface area (TPSA) is 76.1 Å². The van der Waals surface area contributed by atoms with E-state index >= 15 is 0 Å². The number of fused-ring (bicyclic) bond motifs is 1. The summed E-state index contributed by atoms with van der Waals surface area (Å²) in [6, 6.07) is 4.55. The van der Waals surface area contributed by atoms with Gasteiger partial charge in [0, 0.05) is 6.54 Å². The van der Waals surface area contributed by atoms with E-state index < -0.39 is 17.7 Å². The minimum absolute atomic E-state index is 0.0604. The highest BCUT2D eigenvalue weighted by atomic mass is 16.6. The summed E-state index contributed by atoms with van der Waals surface area (Å²) in [5.74, 6) is -0.189. The van der Waals surface area contributed by atoms with Crippen LogP contribution < -0.4 is 0 Å². The molecule has 0 saturated heterocycles. The van der Waals surface area contributed by atoms with Crippen molar-refractivity contribution >= 4 is 12.1 Å². The summed E-state index contributed by atoms with van der Waals surface area (Å²) in [6.07, 6.45) is 0.211. The number of esters is 1. The van der Waals surface area contributed by atoms with E-state index in [1.807, 2.05) is 0 Å². The third kappa shape index (κ3) is 4.40. The maximum Gasteiger partial charge on any atom is 0.410 e. The molecule has 132 valence electrons. The maximum atomic E-state index is 12.5. The minimum Gasteiger partial charge on any atom is -0.508 e. The molecule has 1 aliphatic heterocycles. The summed E-state index contributed by atoms with van der Waals surface area (Å²) in [4.78, 5) is 26.1. The lowest BCUT2D eigenvalue weighted by atomic mass is 9.90. The molecule has 1 amide bonds. The molecular formula is C18H25NO5. The summed E-state index contributed by atoms with van der Waals surface area (Å²) < 4.78 is 10.5. The van der Waals surface area contributed by atoms with Gasteiger partial charge in [-0.25, -0.2) is 4.79 Å². The first-order chi connectivity index (χ1) is 11.2. The number of rotatable bonds is 3. The Bertz CT molecular complexity index is 620. The highest BCUT2D eigenvalue weighted by Crippen LogP contribution is 2.35. The largest absolute Gasteiger partial charge is 0.508 e. The van der Waals surface area contributed by atoms with Gasteiger partial charge in [-0.05, 0) is 57.4 Å². The Balaban J connectivity index is 2.31. The van der Waals surface area contributed by atoms with Crippen LogP contribution in [0.5, 0.6) is 5.75 Å². The van der Waals surface area contributed by atoms with Gasteiger partial charge in [0.1, 0.15) is 11.4 Å². The maximum absolute atomic E-state index is 12.5. The summed E-state index contributed by atoms with van der Waals surface area (Å²) in [6.45, 7) is 7.88. The number of carbonyl (C=O) groups is 2. The molecule has 2 rings (SSSR count). The van der Waals surface area contributed by atoms with E-state index in [4.69, 9.17) is 9.47 Å². The average molecular weight is 335 g/mol. The SMILES string of the molecule is CCOC(=O)CC1c2ccc(O)cc2CCN1C(=O)OC(C)(C)C. The van der Waals surface area contributed by atoms with E-state index in [0.29, 0.717) is 19.6 Å². The number of phenols is 1. The van der Waals surface area contributed by atoms with Crippen LogP contribution in [-0.4, -0.2) is 40.8 Å². The first kappa shape index (κ1) is 18.1. The number of amides is 1. The molecule has 0 aliphatic carbocycles. The lowest BCUT2D eigenvalue weighted by Gasteiger charge is -2.37. The lowest BCUT2D eigenvalue weighted by molar-refractivity contribution is -0.144. The smallest absolute Gasteiger partial charge is 0.410 e. The number of phenolic OH excluding ortho intramolecular Hbond substituents is 1. The van der Waals surface area contributed by atoms with Gasteiger partial charge < -0.3 is 19.5 Å². The van der Waals surface area contributed by atoms with Crippen molar-refractivity contribution in [2.45, 2.75) is 52.2 Å². The normalized spacial score (nSPS) is 17.2. The summed E-state index contributed by atoms with van der Waals surface area (Å²) in [5, 5.41) is 9.67. The molecule has 1 N–H and O–H groups in total. The van der Waals surface area contributed by atoms with Crippen molar-refractivity contribution < 1.29 is 24.2 Å². The molecule has 0 bridgehead atoms. The highest BCUT2D eigenvalue weighted by Gasteiger charge is 2.35. The Morgan fingerprint density at radius 1 is 1.33 bits per heavy atom. The van der Waals surface area contributed by atoms with Crippen LogP contribution in [0.2, 0.25) is 0 Å². The molecule has 6 nitrogen and oxygen atoms in total. The molecule has 0 saturated carbocycles. The Morgan fingerprint density at radius 3 is 2.67 bits per heavy atom. The van der Waals surface area contributed by atoms with E-state index in [9.17, 15) is 14.7 Å². The van der Waals surface area contributed by atoms with E-state index in [2.05, 4.69) is 0 Å². The van der Waals surface area contributed by atoms with Crippen molar-refractivity contribution in [1.29, 1.82) is 0 Å². The van der Waals surface area contributed by atoms with Crippen molar-refractivity contribution in [3.8, 4) is 5.75 Å². The zero-order valence-corrected chi connectivity index (χ0v) is 14.7. The van der Waals surface area contributed by atoms with Crippen LogP contribution in [0.25, 0.3) is 0 Å². The molecular weight excluding hydrogens is 310 g/mol. The first-order valence-electron chi connectivity index (χ1n) is 8.18. The monoisotopic (exact) mass is 335 g/mol. The predicted molar refractivity (Wildman–Crippen MR) is 88.7 cm³/mol. The second-order valence-electron chi connectivity index (χ2n) is 6.83. The van der Waals surface area contributed by atoms with E-state index in [1.165, 1.54) is 0 Å². The molecule has 0 fully saturated rings. The van der Waals surface area contributed by atoms with Gasteiger partial charge in [0.2, 0.25) is 0 Å². The number of aromatic hydroxyl groups is 1. The summed E-state index contributed by atoms with van der Waals surface area (Å²) in [5.41, 5.74) is 1.17. The van der Waals surface area contributed by atoms with Crippen molar-refractivity contribution in [2.24, 2.45) is 0 Å². The summed E-state index contributed by atoms with van der Waals surface area (Å²) >= 11 is 0. The van der Waals surface area contributed by atoms with Crippen LogP contribution >= 0.6 is 0 Å². The predicted octanol–water partition coefficient (Wildman–Crippen LogP) is 3.18. The van der Waals surface area contributed by atoms with Crippen molar-refractivity contribution in [3.05, 3.63) is 29.3 Å². The molecule has 1 aromatic rings. The van der Waals surface area contributed by atoms with Gasteiger partial charge >= 0.3 is 12.1 Å². The average Bonchev–Trinajstić information content (AvgIpc) is 2.45. The van der Waals surface area contributed by atoms with Gasteiger partial charge in [-0.1, -0.05) is 6.07 Å². The van der Waals surface area contributed by atoms with Crippen LogP contribution in [0.4, 0.5) is 4.79 Å². The van der Waals surface area contributed by atoms with Crippen molar-refractivity contribution in [2.75, 3.05) is 13.2 Å². The van der Waals surface area contributed by atoms with Crippen LogP contribution in [0.3, 0.4) is 0 Å². The Kier molecular flexibility index (Phi) is 5.36. The molecule has 6 heteroatoms. The van der Waals surface area contributed by atoms with Crippen molar-refractivity contribution in [1.82, 2.24) is 4.90 Å². The molecule has 1 unspecified atom stereocenters. The van der Waals surface area contributed by atoms with Crippen molar-refractivity contribution in [3.63, 3.8) is 0 Å². The number of hydrogen-bond donors (Lipinski definition) is 1. The minimum atomic E-state index is -0.610. The van der Waals surface area contributed by atoms with Crippen LogP contribution in [0, 0.1) is 0 Å². The number of nitrogens with zero attached hydrogens (tertiary/aromatic N) is 1. The van der Waals surface area contributed by atoms with Crippen LogP contribution in [-0.2, 0) is 20.7 Å². The molecule has 0 spiro atoms. The molecule has 1 aliphatic rings.